The summed E-state index contributed by atoms with van der Waals surface area (Å²) in [7, 11) is 0. The van der Waals surface area contributed by atoms with E-state index in [4.69, 9.17) is 9.73 Å². The van der Waals surface area contributed by atoms with E-state index in [0.29, 0.717) is 6.42 Å². The van der Waals surface area contributed by atoms with Crippen LogP contribution in [0.3, 0.4) is 0 Å². The Hall–Kier alpha value is -0.570. The molecule has 6 nitrogen and oxygen atoms in total. The van der Waals surface area contributed by atoms with E-state index in [9.17, 15) is 4.79 Å². The maximum Gasteiger partial charge on any atom is 0.220 e. The van der Waals surface area contributed by atoms with Gasteiger partial charge in [0.15, 0.2) is 5.96 Å². The Morgan fingerprint density at radius 1 is 1.46 bits per heavy atom. The first kappa shape index (κ1) is 19.8. The Labute approximate surface area is 162 Å². The number of nitrogens with one attached hydrogen (secondary N) is 2. The molecule has 0 bridgehead atoms. The van der Waals surface area contributed by atoms with E-state index in [0.717, 1.165) is 71.2 Å². The van der Waals surface area contributed by atoms with Gasteiger partial charge in [0, 0.05) is 50.0 Å². The van der Waals surface area contributed by atoms with Crippen LogP contribution >= 0.6 is 24.0 Å². The standard InChI is InChI=1S/C17H30N4O2.HI/c1-3-18-15(20-10-16(2)6-8-23-13-16)21-7-4-5-17(12-21)9-14(22)19-11-17;/h3-13H2,1-2H3,(H,18,20)(H,19,22);1H. The summed E-state index contributed by atoms with van der Waals surface area (Å²) in [6.45, 7) is 10.4. The number of hydrogen-bond acceptors (Lipinski definition) is 3. The van der Waals surface area contributed by atoms with Crippen molar-refractivity contribution in [3.05, 3.63) is 0 Å². The first-order valence-corrected chi connectivity index (χ1v) is 8.92. The lowest BCUT2D eigenvalue weighted by atomic mass is 9.79. The number of aliphatic imine (C=N–C) groups is 1. The van der Waals surface area contributed by atoms with Crippen molar-refractivity contribution in [3.63, 3.8) is 0 Å². The number of hydrogen-bond donors (Lipinski definition) is 2. The number of guanidine groups is 1. The first-order valence-electron chi connectivity index (χ1n) is 8.92. The van der Waals surface area contributed by atoms with Gasteiger partial charge in [0.25, 0.3) is 0 Å². The third-order valence-corrected chi connectivity index (χ3v) is 5.40. The number of ether oxygens (including phenoxy) is 1. The molecular weight excluding hydrogens is 419 g/mol. The maximum atomic E-state index is 11.7. The Morgan fingerprint density at radius 3 is 2.92 bits per heavy atom. The molecule has 3 saturated heterocycles. The van der Waals surface area contributed by atoms with Crippen molar-refractivity contribution in [1.82, 2.24) is 15.5 Å². The van der Waals surface area contributed by atoms with Crippen LogP contribution in [0.2, 0.25) is 0 Å². The van der Waals surface area contributed by atoms with Crippen LogP contribution < -0.4 is 10.6 Å². The monoisotopic (exact) mass is 450 g/mol. The predicted octanol–water partition coefficient (Wildman–Crippen LogP) is 1.60. The molecule has 2 N–H and O–H groups in total. The summed E-state index contributed by atoms with van der Waals surface area (Å²) < 4.78 is 5.54. The van der Waals surface area contributed by atoms with Crippen LogP contribution in [-0.2, 0) is 9.53 Å². The van der Waals surface area contributed by atoms with Gasteiger partial charge in [0.05, 0.1) is 13.2 Å². The summed E-state index contributed by atoms with van der Waals surface area (Å²) in [5.74, 6) is 1.20. The summed E-state index contributed by atoms with van der Waals surface area (Å²) in [5, 5.41) is 6.45. The zero-order chi connectivity index (χ0) is 16.3. The van der Waals surface area contributed by atoms with Gasteiger partial charge in [0.1, 0.15) is 0 Å². The molecule has 24 heavy (non-hydrogen) atoms. The number of halogens is 1. The molecule has 2 atom stereocenters. The molecule has 138 valence electrons. The van der Waals surface area contributed by atoms with Gasteiger partial charge in [-0.25, -0.2) is 0 Å². The minimum absolute atomic E-state index is 0. The van der Waals surface area contributed by atoms with Crippen molar-refractivity contribution in [2.75, 3.05) is 45.9 Å². The Balaban J connectivity index is 0.00000208. The summed E-state index contributed by atoms with van der Waals surface area (Å²) in [6.07, 6.45) is 4.00. The molecule has 0 aromatic rings. The highest BCUT2D eigenvalue weighted by molar-refractivity contribution is 14.0. The second kappa shape index (κ2) is 8.21. The highest BCUT2D eigenvalue weighted by Crippen LogP contribution is 2.36. The fraction of sp³-hybridized carbons (Fsp3) is 0.882. The lowest BCUT2D eigenvalue weighted by molar-refractivity contribution is -0.119. The van der Waals surface area contributed by atoms with Crippen LogP contribution in [0.4, 0.5) is 0 Å². The van der Waals surface area contributed by atoms with E-state index < -0.39 is 0 Å². The van der Waals surface area contributed by atoms with Crippen molar-refractivity contribution < 1.29 is 9.53 Å². The number of amides is 1. The quantitative estimate of drug-likeness (QED) is 0.390. The van der Waals surface area contributed by atoms with Gasteiger partial charge in [-0.1, -0.05) is 6.92 Å². The van der Waals surface area contributed by atoms with Gasteiger partial charge in [0.2, 0.25) is 5.91 Å². The number of nitrogens with zero attached hydrogens (tertiary/aromatic N) is 2. The SMILES string of the molecule is CCNC(=NCC1(C)CCOC1)N1CCCC2(CNC(=O)C2)C1.I. The second-order valence-corrected chi connectivity index (χ2v) is 7.76. The average Bonchev–Trinajstić information content (AvgIpc) is 3.11. The fourth-order valence-electron chi connectivity index (χ4n) is 3.95. The van der Waals surface area contributed by atoms with E-state index in [1.807, 2.05) is 0 Å². The van der Waals surface area contributed by atoms with E-state index in [2.05, 4.69) is 29.4 Å². The maximum absolute atomic E-state index is 11.7. The molecule has 3 fully saturated rings. The Bertz CT molecular complexity index is 479. The smallest absolute Gasteiger partial charge is 0.220 e. The van der Waals surface area contributed by atoms with Crippen LogP contribution in [0.15, 0.2) is 4.99 Å². The highest BCUT2D eigenvalue weighted by atomic mass is 127. The molecular formula is C17H31IN4O2. The minimum atomic E-state index is 0. The topological polar surface area (TPSA) is 66.0 Å². The molecule has 0 radical (unpaired) electrons. The summed E-state index contributed by atoms with van der Waals surface area (Å²) in [6, 6.07) is 0. The summed E-state index contributed by atoms with van der Waals surface area (Å²) >= 11 is 0. The van der Waals surface area contributed by atoms with Gasteiger partial charge >= 0.3 is 0 Å². The van der Waals surface area contributed by atoms with E-state index in [-0.39, 0.29) is 40.7 Å². The number of rotatable bonds is 3. The van der Waals surface area contributed by atoms with Gasteiger partial charge < -0.3 is 20.3 Å². The fourth-order valence-corrected chi connectivity index (χ4v) is 3.95. The van der Waals surface area contributed by atoms with Crippen LogP contribution in [0, 0.1) is 10.8 Å². The zero-order valence-corrected chi connectivity index (χ0v) is 17.2. The highest BCUT2D eigenvalue weighted by Gasteiger charge is 2.42. The molecule has 3 rings (SSSR count). The van der Waals surface area contributed by atoms with E-state index in [1.165, 1.54) is 0 Å². The van der Waals surface area contributed by atoms with Gasteiger partial charge in [-0.05, 0) is 26.2 Å². The van der Waals surface area contributed by atoms with Crippen molar-refractivity contribution >= 4 is 35.8 Å². The second-order valence-electron chi connectivity index (χ2n) is 7.76. The summed E-state index contributed by atoms with van der Waals surface area (Å²) in [4.78, 5) is 18.9. The molecule has 2 unspecified atom stereocenters. The number of likely N-dealkylation sites (tertiary alicyclic amines) is 1. The lowest BCUT2D eigenvalue weighted by Crippen LogP contribution is -2.51. The number of carbonyl (C=O) groups is 1. The predicted molar refractivity (Wildman–Crippen MR) is 106 cm³/mol. The van der Waals surface area contributed by atoms with Crippen molar-refractivity contribution in [3.8, 4) is 0 Å². The molecule has 0 aromatic heterocycles. The van der Waals surface area contributed by atoms with Gasteiger partial charge in [-0.3, -0.25) is 9.79 Å². The molecule has 1 amide bonds. The van der Waals surface area contributed by atoms with Crippen molar-refractivity contribution in [1.29, 1.82) is 0 Å². The molecule has 7 heteroatoms. The summed E-state index contributed by atoms with van der Waals surface area (Å²) in [5.41, 5.74) is 0.269. The third kappa shape index (κ3) is 4.53. The van der Waals surface area contributed by atoms with Crippen molar-refractivity contribution in [2.45, 2.75) is 39.5 Å². The van der Waals surface area contributed by atoms with Crippen LogP contribution in [0.25, 0.3) is 0 Å². The molecule has 3 heterocycles. The van der Waals surface area contributed by atoms with Crippen LogP contribution in [0.5, 0.6) is 0 Å². The van der Waals surface area contributed by atoms with Gasteiger partial charge in [-0.15, -0.1) is 24.0 Å². The average molecular weight is 450 g/mol. The molecule has 3 aliphatic heterocycles. The molecule has 0 saturated carbocycles. The minimum Gasteiger partial charge on any atom is -0.381 e. The molecule has 1 spiro atoms. The first-order chi connectivity index (χ1) is 11.0. The Morgan fingerprint density at radius 2 is 2.29 bits per heavy atom. The molecule has 0 aromatic carbocycles. The lowest BCUT2D eigenvalue weighted by Gasteiger charge is -2.41. The zero-order valence-electron chi connectivity index (χ0n) is 14.9. The van der Waals surface area contributed by atoms with E-state index >= 15 is 0 Å². The van der Waals surface area contributed by atoms with E-state index in [1.54, 1.807) is 0 Å². The van der Waals surface area contributed by atoms with Crippen LogP contribution in [0.1, 0.15) is 39.5 Å². The number of carbonyl (C=O) groups excluding carboxylic acids is 1. The number of piperidine rings is 1. The molecule has 3 aliphatic rings. The third-order valence-electron chi connectivity index (χ3n) is 5.40. The Kier molecular flexibility index (Phi) is 6.75. The van der Waals surface area contributed by atoms with Crippen molar-refractivity contribution in [2.24, 2.45) is 15.8 Å². The molecule has 0 aliphatic carbocycles. The van der Waals surface area contributed by atoms with Crippen LogP contribution in [-0.4, -0.2) is 62.7 Å². The van der Waals surface area contributed by atoms with Gasteiger partial charge in [-0.2, -0.15) is 0 Å². The normalized spacial score (nSPS) is 33.5. The largest absolute Gasteiger partial charge is 0.381 e.